The molecule has 1 aromatic rings. The minimum Gasteiger partial charge on any atom is -0.207 e. The fourth-order valence-electron chi connectivity index (χ4n) is 2.36. The monoisotopic (exact) mass is 347 g/mol. The summed E-state index contributed by atoms with van der Waals surface area (Å²) in [5.41, 5.74) is 0.686. The maximum Gasteiger partial charge on any atom is 0.281 e. The highest BCUT2D eigenvalue weighted by Gasteiger charge is 2.34. The molecule has 0 saturated carbocycles. The van der Waals surface area contributed by atoms with Crippen molar-refractivity contribution in [1.29, 1.82) is 0 Å². The van der Waals surface area contributed by atoms with Crippen LogP contribution in [-0.2, 0) is 20.2 Å². The molecule has 0 aliphatic carbocycles. The quantitative estimate of drug-likeness (QED) is 0.774. The number of nitrogens with zero attached hydrogens (tertiary/aromatic N) is 3. The SMILES string of the molecule is Cc1ccccc1S(=O)(=O)N1CCN(S(=O)(=O)N(C)C)CC1. The lowest BCUT2D eigenvalue weighted by molar-refractivity contribution is 0.262. The summed E-state index contributed by atoms with van der Waals surface area (Å²) < 4.78 is 53.2. The van der Waals surface area contributed by atoms with E-state index in [1.165, 1.54) is 22.7 Å². The van der Waals surface area contributed by atoms with Gasteiger partial charge in [0.15, 0.2) is 0 Å². The second-order valence-corrected chi connectivity index (χ2v) is 9.41. The first-order valence-electron chi connectivity index (χ1n) is 6.91. The van der Waals surface area contributed by atoms with Crippen LogP contribution in [0.25, 0.3) is 0 Å². The first-order valence-corrected chi connectivity index (χ1v) is 9.74. The Hall–Kier alpha value is -1.00. The van der Waals surface area contributed by atoms with E-state index in [-0.39, 0.29) is 31.1 Å². The maximum absolute atomic E-state index is 12.6. The number of hydrogen-bond donors (Lipinski definition) is 0. The zero-order valence-corrected chi connectivity index (χ0v) is 14.6. The molecule has 0 atom stereocenters. The van der Waals surface area contributed by atoms with Crippen LogP contribution in [0.2, 0.25) is 0 Å². The molecule has 7 nitrogen and oxygen atoms in total. The second-order valence-electron chi connectivity index (χ2n) is 5.36. The van der Waals surface area contributed by atoms with Gasteiger partial charge in [-0.2, -0.15) is 21.3 Å². The standard InChI is InChI=1S/C13H21N3O4S2/c1-12-6-4-5-7-13(12)21(17,18)15-8-10-16(11-9-15)22(19,20)14(2)3/h4-7H,8-11H2,1-3H3. The van der Waals surface area contributed by atoms with Crippen LogP contribution in [0.3, 0.4) is 0 Å². The van der Waals surface area contributed by atoms with Crippen LogP contribution in [0, 0.1) is 6.92 Å². The van der Waals surface area contributed by atoms with Gasteiger partial charge in [0.25, 0.3) is 10.2 Å². The molecule has 0 amide bonds. The van der Waals surface area contributed by atoms with Gasteiger partial charge >= 0.3 is 0 Å². The van der Waals surface area contributed by atoms with Crippen molar-refractivity contribution in [2.45, 2.75) is 11.8 Å². The predicted molar refractivity (Wildman–Crippen MR) is 84.1 cm³/mol. The lowest BCUT2D eigenvalue weighted by Crippen LogP contribution is -2.53. The summed E-state index contributed by atoms with van der Waals surface area (Å²) >= 11 is 0. The van der Waals surface area contributed by atoms with Crippen LogP contribution in [0.1, 0.15) is 5.56 Å². The molecule has 1 heterocycles. The molecule has 0 radical (unpaired) electrons. The van der Waals surface area contributed by atoms with Crippen LogP contribution < -0.4 is 0 Å². The molecule has 9 heteroatoms. The van der Waals surface area contributed by atoms with Gasteiger partial charge in [0.1, 0.15) is 0 Å². The molecule has 0 aromatic heterocycles. The Labute approximate surface area is 132 Å². The van der Waals surface area contributed by atoms with Gasteiger partial charge in [-0.1, -0.05) is 18.2 Å². The van der Waals surface area contributed by atoms with Crippen LogP contribution >= 0.6 is 0 Å². The summed E-state index contributed by atoms with van der Waals surface area (Å²) in [6.45, 7) is 2.38. The minimum atomic E-state index is -3.58. The van der Waals surface area contributed by atoms with E-state index >= 15 is 0 Å². The fourth-order valence-corrected chi connectivity index (χ4v) is 5.09. The van der Waals surface area contributed by atoms with Gasteiger partial charge in [-0.3, -0.25) is 0 Å². The van der Waals surface area contributed by atoms with Crippen LogP contribution in [0.4, 0.5) is 0 Å². The molecule has 1 aliphatic rings. The van der Waals surface area contributed by atoms with E-state index in [0.29, 0.717) is 5.56 Å². The zero-order chi connectivity index (χ0) is 16.5. The molecule has 22 heavy (non-hydrogen) atoms. The number of rotatable bonds is 4. The van der Waals surface area contributed by atoms with E-state index in [1.807, 2.05) is 0 Å². The number of hydrogen-bond acceptors (Lipinski definition) is 4. The summed E-state index contributed by atoms with van der Waals surface area (Å²) in [5.74, 6) is 0. The Balaban J connectivity index is 2.17. The first kappa shape index (κ1) is 17.4. The van der Waals surface area contributed by atoms with Crippen molar-refractivity contribution in [2.75, 3.05) is 40.3 Å². The lowest BCUT2D eigenvalue weighted by atomic mass is 10.2. The van der Waals surface area contributed by atoms with E-state index in [9.17, 15) is 16.8 Å². The highest BCUT2D eigenvalue weighted by molar-refractivity contribution is 7.89. The van der Waals surface area contributed by atoms with Gasteiger partial charge in [-0.15, -0.1) is 0 Å². The molecule has 0 unspecified atom stereocenters. The molecule has 1 saturated heterocycles. The number of sulfonamides is 1. The van der Waals surface area contributed by atoms with Gasteiger partial charge in [0, 0.05) is 40.3 Å². The van der Waals surface area contributed by atoms with Crippen molar-refractivity contribution in [3.8, 4) is 0 Å². The van der Waals surface area contributed by atoms with Gasteiger partial charge in [-0.05, 0) is 18.6 Å². The number of aryl methyl sites for hydroxylation is 1. The normalized spacial score (nSPS) is 18.7. The van der Waals surface area contributed by atoms with Crippen LogP contribution in [-0.4, -0.2) is 70.0 Å². The Bertz CT molecular complexity index is 736. The van der Waals surface area contributed by atoms with Gasteiger partial charge in [0.2, 0.25) is 10.0 Å². The van der Waals surface area contributed by atoms with E-state index in [0.717, 1.165) is 4.31 Å². The Kier molecular flexibility index (Phi) is 4.93. The summed E-state index contributed by atoms with van der Waals surface area (Å²) in [7, 11) is -4.15. The summed E-state index contributed by atoms with van der Waals surface area (Å²) in [6.07, 6.45) is 0. The van der Waals surface area contributed by atoms with E-state index in [1.54, 1.807) is 31.2 Å². The number of piperazine rings is 1. The zero-order valence-electron chi connectivity index (χ0n) is 12.9. The van der Waals surface area contributed by atoms with Crippen LogP contribution in [0.5, 0.6) is 0 Å². The van der Waals surface area contributed by atoms with E-state index in [2.05, 4.69) is 0 Å². The summed E-state index contributed by atoms with van der Waals surface area (Å²) in [4.78, 5) is 0.277. The molecule has 1 fully saturated rings. The van der Waals surface area contributed by atoms with Crippen molar-refractivity contribution < 1.29 is 16.8 Å². The van der Waals surface area contributed by atoms with Crippen molar-refractivity contribution >= 4 is 20.2 Å². The highest BCUT2D eigenvalue weighted by Crippen LogP contribution is 2.21. The topological polar surface area (TPSA) is 78.0 Å². The predicted octanol–water partition coefficient (Wildman–Crippen LogP) is 0.108. The van der Waals surface area contributed by atoms with E-state index < -0.39 is 20.2 Å². The van der Waals surface area contributed by atoms with Crippen molar-refractivity contribution in [2.24, 2.45) is 0 Å². The molecule has 0 N–H and O–H groups in total. The molecule has 1 aliphatic heterocycles. The molecule has 2 rings (SSSR count). The summed E-state index contributed by atoms with van der Waals surface area (Å²) in [5, 5.41) is 0. The average Bonchev–Trinajstić information content (AvgIpc) is 2.47. The maximum atomic E-state index is 12.6. The smallest absolute Gasteiger partial charge is 0.207 e. The Morgan fingerprint density at radius 1 is 0.909 bits per heavy atom. The van der Waals surface area contributed by atoms with Crippen molar-refractivity contribution in [3.05, 3.63) is 29.8 Å². The lowest BCUT2D eigenvalue weighted by Gasteiger charge is -2.34. The minimum absolute atomic E-state index is 0.156. The van der Waals surface area contributed by atoms with Gasteiger partial charge < -0.3 is 0 Å². The molecular formula is C13H21N3O4S2. The first-order chi connectivity index (χ1) is 10.2. The second kappa shape index (κ2) is 6.25. The molecule has 0 spiro atoms. The third-order valence-corrected chi connectivity index (χ3v) is 7.70. The Morgan fingerprint density at radius 3 is 1.91 bits per heavy atom. The Morgan fingerprint density at radius 2 is 1.41 bits per heavy atom. The van der Waals surface area contributed by atoms with Gasteiger partial charge in [-0.25, -0.2) is 8.42 Å². The summed E-state index contributed by atoms with van der Waals surface area (Å²) in [6, 6.07) is 6.80. The molecule has 0 bridgehead atoms. The highest BCUT2D eigenvalue weighted by atomic mass is 32.2. The molecule has 1 aromatic carbocycles. The van der Waals surface area contributed by atoms with E-state index in [4.69, 9.17) is 0 Å². The van der Waals surface area contributed by atoms with Crippen LogP contribution in [0.15, 0.2) is 29.2 Å². The fraction of sp³-hybridized carbons (Fsp3) is 0.538. The number of benzene rings is 1. The van der Waals surface area contributed by atoms with Crippen molar-refractivity contribution in [3.63, 3.8) is 0 Å². The third-order valence-electron chi connectivity index (χ3n) is 3.70. The third kappa shape index (κ3) is 3.18. The largest absolute Gasteiger partial charge is 0.281 e. The molecule has 124 valence electrons. The average molecular weight is 347 g/mol. The van der Waals surface area contributed by atoms with Crippen molar-refractivity contribution in [1.82, 2.24) is 12.9 Å². The molecular weight excluding hydrogens is 326 g/mol. The van der Waals surface area contributed by atoms with Gasteiger partial charge in [0.05, 0.1) is 4.90 Å².